The van der Waals surface area contributed by atoms with Crippen LogP contribution >= 0.6 is 0 Å². The molecule has 0 aromatic carbocycles. The monoisotopic (exact) mass is 214 g/mol. The Balaban J connectivity index is 2.15. The molecule has 0 aromatic rings. The van der Waals surface area contributed by atoms with Crippen LogP contribution in [0.4, 0.5) is 4.79 Å². The minimum absolute atomic E-state index is 0.593. The van der Waals surface area contributed by atoms with E-state index in [-0.39, 0.29) is 0 Å². The number of nitrogens with one attached hydrogen (secondary N) is 1. The van der Waals surface area contributed by atoms with Gasteiger partial charge in [0.05, 0.1) is 0 Å². The van der Waals surface area contributed by atoms with Gasteiger partial charge in [0, 0.05) is 6.54 Å². The van der Waals surface area contributed by atoms with Gasteiger partial charge in [-0.25, -0.2) is 4.79 Å². The Morgan fingerprint density at radius 3 is 2.60 bits per heavy atom. The van der Waals surface area contributed by atoms with Crippen LogP contribution in [0.15, 0.2) is 0 Å². The maximum atomic E-state index is 10.3. The lowest BCUT2D eigenvalue weighted by Gasteiger charge is -2.28. The summed E-state index contributed by atoms with van der Waals surface area (Å²) < 4.78 is 0. The molecule has 15 heavy (non-hydrogen) atoms. The number of carbonyl (C=O) groups is 1. The van der Waals surface area contributed by atoms with E-state index in [4.69, 9.17) is 10.8 Å². The standard InChI is InChI=1S/C11H22N2O2/c12-6-4-9-2-1-3-10(8-9)5-7-13-11(14)15/h9-10,13H,1-8,12H2,(H,14,15)/t9?,10-/m1/s1. The SMILES string of the molecule is NCCC1CCC[C@H](CCNC(=O)O)C1. The minimum atomic E-state index is -0.913. The predicted octanol–water partition coefficient (Wildman–Crippen LogP) is 1.80. The highest BCUT2D eigenvalue weighted by Crippen LogP contribution is 2.32. The van der Waals surface area contributed by atoms with Gasteiger partial charge in [0.15, 0.2) is 0 Å². The maximum Gasteiger partial charge on any atom is 0.404 e. The van der Waals surface area contributed by atoms with Crippen molar-refractivity contribution in [3.63, 3.8) is 0 Å². The molecule has 1 unspecified atom stereocenters. The summed E-state index contributed by atoms with van der Waals surface area (Å²) in [6.45, 7) is 1.38. The molecule has 1 amide bonds. The minimum Gasteiger partial charge on any atom is -0.465 e. The predicted molar refractivity (Wildman–Crippen MR) is 59.8 cm³/mol. The van der Waals surface area contributed by atoms with E-state index in [1.54, 1.807) is 0 Å². The van der Waals surface area contributed by atoms with Gasteiger partial charge in [-0.2, -0.15) is 0 Å². The van der Waals surface area contributed by atoms with E-state index < -0.39 is 6.09 Å². The molecule has 88 valence electrons. The largest absolute Gasteiger partial charge is 0.465 e. The first-order valence-electron chi connectivity index (χ1n) is 5.89. The van der Waals surface area contributed by atoms with Crippen molar-refractivity contribution in [2.75, 3.05) is 13.1 Å². The smallest absolute Gasteiger partial charge is 0.404 e. The van der Waals surface area contributed by atoms with Crippen molar-refractivity contribution < 1.29 is 9.90 Å². The van der Waals surface area contributed by atoms with Crippen molar-refractivity contribution in [1.29, 1.82) is 0 Å². The quantitative estimate of drug-likeness (QED) is 0.653. The van der Waals surface area contributed by atoms with Crippen molar-refractivity contribution in [2.45, 2.75) is 38.5 Å². The van der Waals surface area contributed by atoms with Gasteiger partial charge in [0.25, 0.3) is 0 Å². The molecule has 0 radical (unpaired) electrons. The first kappa shape index (κ1) is 12.3. The topological polar surface area (TPSA) is 75.3 Å². The molecular weight excluding hydrogens is 192 g/mol. The van der Waals surface area contributed by atoms with Gasteiger partial charge in [0.1, 0.15) is 0 Å². The third-order valence-corrected chi connectivity index (χ3v) is 3.30. The highest BCUT2D eigenvalue weighted by molar-refractivity contribution is 5.64. The van der Waals surface area contributed by atoms with E-state index >= 15 is 0 Å². The average molecular weight is 214 g/mol. The van der Waals surface area contributed by atoms with E-state index in [1.807, 2.05) is 0 Å². The molecular formula is C11H22N2O2. The van der Waals surface area contributed by atoms with Gasteiger partial charge in [-0.1, -0.05) is 19.3 Å². The lowest BCUT2D eigenvalue weighted by molar-refractivity contribution is 0.191. The fraction of sp³-hybridized carbons (Fsp3) is 0.909. The van der Waals surface area contributed by atoms with E-state index in [0.29, 0.717) is 12.5 Å². The summed E-state index contributed by atoms with van der Waals surface area (Å²) in [7, 11) is 0. The summed E-state index contributed by atoms with van der Waals surface area (Å²) in [5, 5.41) is 10.9. The van der Waals surface area contributed by atoms with E-state index in [2.05, 4.69) is 5.32 Å². The lowest BCUT2D eigenvalue weighted by atomic mass is 9.78. The van der Waals surface area contributed by atoms with Crippen LogP contribution in [0.2, 0.25) is 0 Å². The summed E-state index contributed by atoms with van der Waals surface area (Å²) in [6.07, 6.45) is 6.27. The van der Waals surface area contributed by atoms with Crippen LogP contribution in [-0.4, -0.2) is 24.3 Å². The first-order valence-corrected chi connectivity index (χ1v) is 5.89. The number of carboxylic acid groups (broad SMARTS) is 1. The zero-order chi connectivity index (χ0) is 11.1. The van der Waals surface area contributed by atoms with Crippen molar-refractivity contribution in [1.82, 2.24) is 5.32 Å². The van der Waals surface area contributed by atoms with Crippen LogP contribution in [0.1, 0.15) is 38.5 Å². The molecule has 4 nitrogen and oxygen atoms in total. The normalized spacial score (nSPS) is 26.2. The molecule has 4 N–H and O–H groups in total. The maximum absolute atomic E-state index is 10.3. The Morgan fingerprint density at radius 2 is 2.00 bits per heavy atom. The zero-order valence-electron chi connectivity index (χ0n) is 9.24. The molecule has 0 heterocycles. The van der Waals surface area contributed by atoms with Crippen molar-refractivity contribution in [3.05, 3.63) is 0 Å². The second kappa shape index (κ2) is 6.67. The molecule has 1 aliphatic rings. The fourth-order valence-electron chi connectivity index (χ4n) is 2.55. The third kappa shape index (κ3) is 5.02. The third-order valence-electron chi connectivity index (χ3n) is 3.30. The van der Waals surface area contributed by atoms with Crippen LogP contribution < -0.4 is 11.1 Å². The van der Waals surface area contributed by atoms with Crippen LogP contribution in [-0.2, 0) is 0 Å². The number of nitrogens with two attached hydrogens (primary N) is 1. The Hall–Kier alpha value is -0.770. The summed E-state index contributed by atoms with van der Waals surface area (Å²) in [5.41, 5.74) is 5.55. The van der Waals surface area contributed by atoms with E-state index in [0.717, 1.165) is 25.3 Å². The summed E-state index contributed by atoms with van der Waals surface area (Å²) >= 11 is 0. The lowest BCUT2D eigenvalue weighted by Crippen LogP contribution is -2.26. The van der Waals surface area contributed by atoms with Crippen molar-refractivity contribution in [3.8, 4) is 0 Å². The van der Waals surface area contributed by atoms with Gasteiger partial charge in [-0.3, -0.25) is 0 Å². The molecule has 2 atom stereocenters. The molecule has 1 saturated carbocycles. The van der Waals surface area contributed by atoms with Gasteiger partial charge < -0.3 is 16.2 Å². The van der Waals surface area contributed by atoms with Crippen LogP contribution in [0.25, 0.3) is 0 Å². The second-order valence-electron chi connectivity index (χ2n) is 4.50. The molecule has 0 saturated heterocycles. The molecule has 0 aliphatic heterocycles. The van der Waals surface area contributed by atoms with Crippen LogP contribution in [0, 0.1) is 11.8 Å². The number of hydrogen-bond donors (Lipinski definition) is 3. The fourth-order valence-corrected chi connectivity index (χ4v) is 2.55. The number of rotatable bonds is 5. The molecule has 1 fully saturated rings. The molecule has 4 heteroatoms. The summed E-state index contributed by atoms with van der Waals surface area (Å²) in [5.74, 6) is 1.47. The van der Waals surface area contributed by atoms with Crippen LogP contribution in [0.3, 0.4) is 0 Å². The molecule has 0 bridgehead atoms. The Bertz CT molecular complexity index is 195. The molecule has 0 aromatic heterocycles. The Kier molecular flexibility index (Phi) is 5.47. The number of amides is 1. The average Bonchev–Trinajstić information content (AvgIpc) is 2.18. The molecule has 1 rings (SSSR count). The van der Waals surface area contributed by atoms with E-state index in [1.165, 1.54) is 25.7 Å². The van der Waals surface area contributed by atoms with Crippen LogP contribution in [0.5, 0.6) is 0 Å². The Labute approximate surface area is 91.2 Å². The van der Waals surface area contributed by atoms with Crippen molar-refractivity contribution >= 4 is 6.09 Å². The molecule has 1 aliphatic carbocycles. The Morgan fingerprint density at radius 1 is 1.33 bits per heavy atom. The van der Waals surface area contributed by atoms with Gasteiger partial charge >= 0.3 is 6.09 Å². The van der Waals surface area contributed by atoms with E-state index in [9.17, 15) is 4.79 Å². The summed E-state index contributed by atoms with van der Waals surface area (Å²) in [6, 6.07) is 0. The zero-order valence-corrected chi connectivity index (χ0v) is 9.24. The summed E-state index contributed by atoms with van der Waals surface area (Å²) in [4.78, 5) is 10.3. The van der Waals surface area contributed by atoms with Gasteiger partial charge in [-0.05, 0) is 37.6 Å². The van der Waals surface area contributed by atoms with Gasteiger partial charge in [-0.15, -0.1) is 0 Å². The molecule has 0 spiro atoms. The van der Waals surface area contributed by atoms with Crippen molar-refractivity contribution in [2.24, 2.45) is 17.6 Å². The highest BCUT2D eigenvalue weighted by atomic mass is 16.4. The second-order valence-corrected chi connectivity index (χ2v) is 4.50. The number of hydrogen-bond acceptors (Lipinski definition) is 2. The first-order chi connectivity index (χ1) is 7.22. The highest BCUT2D eigenvalue weighted by Gasteiger charge is 2.20. The van der Waals surface area contributed by atoms with Gasteiger partial charge in [0.2, 0.25) is 0 Å².